The third-order valence-corrected chi connectivity index (χ3v) is 1.16. The van der Waals surface area contributed by atoms with Gasteiger partial charge in [-0.25, -0.2) is 4.98 Å². The number of hydrogen-bond donors (Lipinski definition) is 0. The lowest BCUT2D eigenvalue weighted by Crippen LogP contribution is -1.76. The lowest BCUT2D eigenvalue weighted by Gasteiger charge is -1.84. The maximum atomic E-state index is 12.0. The molecule has 56 valence electrons. The van der Waals surface area contributed by atoms with Gasteiger partial charge < -0.3 is 0 Å². The van der Waals surface area contributed by atoms with Crippen LogP contribution in [0.3, 0.4) is 0 Å². The van der Waals surface area contributed by atoms with Gasteiger partial charge in [-0.15, -0.1) is 0 Å². The zero-order valence-electron chi connectivity index (χ0n) is 5.94. The van der Waals surface area contributed by atoms with Gasteiger partial charge in [0.25, 0.3) is 0 Å². The van der Waals surface area contributed by atoms with E-state index in [0.29, 0.717) is 0 Å². The Morgan fingerprint density at radius 2 is 2.00 bits per heavy atom. The van der Waals surface area contributed by atoms with Crippen LogP contribution in [0.25, 0.3) is 0 Å². The molecule has 1 aromatic heterocycles. The molecule has 0 spiro atoms. The molecule has 0 atom stereocenters. The first-order valence-electron chi connectivity index (χ1n) is 3.06. The first-order valence-corrected chi connectivity index (χ1v) is 3.85. The van der Waals surface area contributed by atoms with Gasteiger partial charge in [-0.05, 0) is 28.1 Å². The van der Waals surface area contributed by atoms with Crippen LogP contribution in [0.5, 0.6) is 0 Å². The van der Waals surface area contributed by atoms with E-state index in [9.17, 15) is 4.39 Å². The van der Waals surface area contributed by atoms with Crippen LogP contribution in [0.1, 0.15) is 13.8 Å². The summed E-state index contributed by atoms with van der Waals surface area (Å²) < 4.78 is 12.7. The number of rotatable bonds is 0. The third-order valence-electron chi connectivity index (χ3n) is 0.691. The van der Waals surface area contributed by atoms with E-state index in [4.69, 9.17) is 0 Å². The van der Waals surface area contributed by atoms with Gasteiger partial charge in [-0.2, -0.15) is 4.39 Å². The van der Waals surface area contributed by atoms with Gasteiger partial charge in [0, 0.05) is 10.7 Å². The number of hydrogen-bond acceptors (Lipinski definition) is 1. The second kappa shape index (κ2) is 5.35. The van der Waals surface area contributed by atoms with Gasteiger partial charge in [-0.1, -0.05) is 13.8 Å². The van der Waals surface area contributed by atoms with E-state index >= 15 is 0 Å². The summed E-state index contributed by atoms with van der Waals surface area (Å²) in [5.74, 6) is -0.451. The van der Waals surface area contributed by atoms with Crippen molar-refractivity contribution in [2.75, 3.05) is 0 Å². The van der Waals surface area contributed by atoms with Crippen LogP contribution >= 0.6 is 15.9 Å². The van der Waals surface area contributed by atoms with E-state index in [-0.39, 0.29) is 0 Å². The van der Waals surface area contributed by atoms with Crippen LogP contribution in [-0.2, 0) is 0 Å². The lowest BCUT2D eigenvalue weighted by atomic mass is 10.5. The van der Waals surface area contributed by atoms with Crippen molar-refractivity contribution in [1.82, 2.24) is 4.98 Å². The maximum absolute atomic E-state index is 12.0. The van der Waals surface area contributed by atoms with Gasteiger partial charge >= 0.3 is 0 Å². The third kappa shape index (κ3) is 3.56. The Kier molecular flexibility index (Phi) is 5.12. The summed E-state index contributed by atoms with van der Waals surface area (Å²) in [6, 6.07) is 2.90. The van der Waals surface area contributed by atoms with E-state index in [2.05, 4.69) is 20.9 Å². The van der Waals surface area contributed by atoms with Crippen molar-refractivity contribution in [2.45, 2.75) is 13.8 Å². The van der Waals surface area contributed by atoms with Crippen molar-refractivity contribution in [3.8, 4) is 0 Å². The van der Waals surface area contributed by atoms with Gasteiger partial charge in [0.15, 0.2) is 0 Å². The predicted octanol–water partition coefficient (Wildman–Crippen LogP) is 3.01. The summed E-state index contributed by atoms with van der Waals surface area (Å²) in [5.41, 5.74) is 0. The van der Waals surface area contributed by atoms with Crippen LogP contribution < -0.4 is 0 Å². The number of aromatic nitrogens is 1. The molecule has 0 aliphatic carbocycles. The summed E-state index contributed by atoms with van der Waals surface area (Å²) in [6.45, 7) is 4.00. The second-order valence-electron chi connectivity index (χ2n) is 1.30. The molecule has 0 N–H and O–H groups in total. The van der Waals surface area contributed by atoms with Crippen LogP contribution in [0.2, 0.25) is 0 Å². The average Bonchev–Trinajstić information content (AvgIpc) is 2.00. The maximum Gasteiger partial charge on any atom is 0.212 e. The summed E-state index contributed by atoms with van der Waals surface area (Å²) in [4.78, 5) is 3.37. The number of halogens is 2. The Labute approximate surface area is 68.4 Å². The summed E-state index contributed by atoms with van der Waals surface area (Å²) in [5, 5.41) is 0. The van der Waals surface area contributed by atoms with Crippen LogP contribution in [-0.4, -0.2) is 4.98 Å². The normalized spacial score (nSPS) is 8.00. The number of nitrogens with zero attached hydrogens (tertiary/aromatic N) is 1. The fourth-order valence-corrected chi connectivity index (χ4v) is 0.592. The Hall–Kier alpha value is -0.440. The van der Waals surface area contributed by atoms with Gasteiger partial charge in [0.05, 0.1) is 0 Å². The molecule has 1 rings (SSSR count). The fourth-order valence-electron chi connectivity index (χ4n) is 0.358. The quantitative estimate of drug-likeness (QED) is 0.594. The van der Waals surface area contributed by atoms with Crippen molar-refractivity contribution in [2.24, 2.45) is 0 Å². The van der Waals surface area contributed by atoms with Crippen LogP contribution in [0.4, 0.5) is 4.39 Å². The zero-order chi connectivity index (χ0) is 7.98. The molecule has 3 heteroatoms. The zero-order valence-corrected chi connectivity index (χ0v) is 7.52. The standard InChI is InChI=1S/C5H3BrFN.C2H6/c6-4-1-2-5(7)8-3-4;1-2/h1-3H;1-2H3. The molecule has 1 aromatic rings. The van der Waals surface area contributed by atoms with Crippen molar-refractivity contribution >= 4 is 15.9 Å². The molecule has 0 aliphatic rings. The fraction of sp³-hybridized carbons (Fsp3) is 0.286. The van der Waals surface area contributed by atoms with E-state index in [1.54, 1.807) is 6.07 Å². The highest BCUT2D eigenvalue weighted by atomic mass is 79.9. The van der Waals surface area contributed by atoms with Crippen molar-refractivity contribution < 1.29 is 4.39 Å². The monoisotopic (exact) mass is 205 g/mol. The highest BCUT2D eigenvalue weighted by Gasteiger charge is 1.86. The van der Waals surface area contributed by atoms with Crippen molar-refractivity contribution in [3.05, 3.63) is 28.7 Å². The highest BCUT2D eigenvalue weighted by molar-refractivity contribution is 9.10. The SMILES string of the molecule is CC.Fc1ccc(Br)cn1. The second-order valence-corrected chi connectivity index (χ2v) is 2.21. The smallest absolute Gasteiger partial charge is 0.212 e. The Morgan fingerprint density at radius 3 is 2.30 bits per heavy atom. The predicted molar refractivity (Wildman–Crippen MR) is 43.2 cm³/mol. The molecule has 0 bridgehead atoms. The molecule has 1 heterocycles. The van der Waals surface area contributed by atoms with Crippen molar-refractivity contribution in [3.63, 3.8) is 0 Å². The van der Waals surface area contributed by atoms with Gasteiger partial charge in [0.2, 0.25) is 5.95 Å². The molecule has 0 radical (unpaired) electrons. The van der Waals surface area contributed by atoms with Crippen LogP contribution in [0, 0.1) is 5.95 Å². The van der Waals surface area contributed by atoms with E-state index in [0.717, 1.165) is 4.47 Å². The molecule has 0 fully saturated rings. The Balaban J connectivity index is 0.000000371. The summed E-state index contributed by atoms with van der Waals surface area (Å²) >= 11 is 3.12. The molecule has 10 heavy (non-hydrogen) atoms. The Bertz CT molecular complexity index is 152. The average molecular weight is 206 g/mol. The molecule has 0 saturated carbocycles. The summed E-state index contributed by atoms with van der Waals surface area (Å²) in [6.07, 6.45) is 1.41. The van der Waals surface area contributed by atoms with E-state index < -0.39 is 5.95 Å². The lowest BCUT2D eigenvalue weighted by molar-refractivity contribution is 0.583. The molecule has 0 aliphatic heterocycles. The first kappa shape index (κ1) is 9.56. The van der Waals surface area contributed by atoms with Crippen molar-refractivity contribution in [1.29, 1.82) is 0 Å². The number of pyridine rings is 1. The largest absolute Gasteiger partial charge is 0.227 e. The van der Waals surface area contributed by atoms with Gasteiger partial charge in [0.1, 0.15) is 0 Å². The molecule has 0 amide bonds. The molecule has 0 aromatic carbocycles. The minimum Gasteiger partial charge on any atom is -0.227 e. The minimum atomic E-state index is -0.451. The highest BCUT2D eigenvalue weighted by Crippen LogP contribution is 2.05. The first-order chi connectivity index (χ1) is 4.79. The minimum absolute atomic E-state index is 0.451. The van der Waals surface area contributed by atoms with Crippen LogP contribution in [0.15, 0.2) is 22.8 Å². The molecular formula is C7H9BrFN. The topological polar surface area (TPSA) is 12.9 Å². The molecule has 1 nitrogen and oxygen atoms in total. The molecule has 0 saturated heterocycles. The molecular weight excluding hydrogens is 197 g/mol. The summed E-state index contributed by atoms with van der Waals surface area (Å²) in [7, 11) is 0. The Morgan fingerprint density at radius 1 is 1.40 bits per heavy atom. The van der Waals surface area contributed by atoms with E-state index in [1.807, 2.05) is 13.8 Å². The molecule has 0 unspecified atom stereocenters. The van der Waals surface area contributed by atoms with E-state index in [1.165, 1.54) is 12.3 Å². The van der Waals surface area contributed by atoms with Gasteiger partial charge in [-0.3, -0.25) is 0 Å².